The summed E-state index contributed by atoms with van der Waals surface area (Å²) in [5, 5.41) is 9.38. The van der Waals surface area contributed by atoms with E-state index in [-0.39, 0.29) is 5.41 Å². The first kappa shape index (κ1) is 23.2. The van der Waals surface area contributed by atoms with Crippen LogP contribution in [0.1, 0.15) is 98.5 Å². The molecule has 0 aliphatic rings. The Labute approximate surface area is 177 Å². The average Bonchev–Trinajstić information content (AvgIpc) is 2.63. The molecule has 0 amide bonds. The van der Waals surface area contributed by atoms with Crippen LogP contribution in [-0.2, 0) is 11.8 Å². The Morgan fingerprint density at radius 2 is 1.45 bits per heavy atom. The summed E-state index contributed by atoms with van der Waals surface area (Å²) in [4.78, 5) is 11.4. The number of hydrogen-bond donors (Lipinski definition) is 1. The molecule has 0 aliphatic carbocycles. The highest BCUT2D eigenvalue weighted by Gasteiger charge is 2.31. The van der Waals surface area contributed by atoms with E-state index in [1.54, 1.807) is 6.07 Å². The summed E-state index contributed by atoms with van der Waals surface area (Å²) in [5.74, 6) is -0.858. The second-order valence-electron chi connectivity index (χ2n) is 9.68. The molecule has 2 heteroatoms. The molecule has 0 heterocycles. The van der Waals surface area contributed by atoms with E-state index in [9.17, 15) is 9.90 Å². The van der Waals surface area contributed by atoms with Crippen LogP contribution in [0, 0.1) is 19.3 Å². The van der Waals surface area contributed by atoms with E-state index in [0.29, 0.717) is 11.0 Å². The molecule has 158 valence electrons. The molecule has 0 radical (unpaired) electrons. The number of hydrogen-bond acceptors (Lipinski definition) is 1. The Kier molecular flexibility index (Phi) is 7.32. The average molecular weight is 395 g/mol. The van der Waals surface area contributed by atoms with Crippen LogP contribution < -0.4 is 0 Å². The minimum Gasteiger partial charge on any atom is -0.478 e. The molecular weight excluding hydrogens is 356 g/mol. The maximum atomic E-state index is 11.4. The Hall–Kier alpha value is -2.09. The third-order valence-corrected chi connectivity index (χ3v) is 6.48. The molecule has 0 unspecified atom stereocenters. The van der Waals surface area contributed by atoms with Gasteiger partial charge in [-0.25, -0.2) is 4.79 Å². The van der Waals surface area contributed by atoms with Crippen molar-refractivity contribution in [1.29, 1.82) is 0 Å². The van der Waals surface area contributed by atoms with Crippen molar-refractivity contribution in [3.05, 3.63) is 69.8 Å². The Morgan fingerprint density at radius 3 is 1.90 bits per heavy atom. The minimum atomic E-state index is -0.858. The summed E-state index contributed by atoms with van der Waals surface area (Å²) in [6.07, 6.45) is 5.54. The van der Waals surface area contributed by atoms with Gasteiger partial charge in [0.1, 0.15) is 0 Å². The molecule has 0 aromatic heterocycles. The number of aromatic carboxylic acids is 1. The van der Waals surface area contributed by atoms with Gasteiger partial charge in [0, 0.05) is 5.41 Å². The summed E-state index contributed by atoms with van der Waals surface area (Å²) < 4.78 is 0. The maximum Gasteiger partial charge on any atom is 0.335 e. The number of benzene rings is 2. The highest BCUT2D eigenvalue weighted by molar-refractivity contribution is 5.89. The van der Waals surface area contributed by atoms with Crippen molar-refractivity contribution >= 4 is 5.97 Å². The third kappa shape index (κ3) is 5.29. The van der Waals surface area contributed by atoms with E-state index in [2.05, 4.69) is 65.8 Å². The molecule has 0 bridgehead atoms. The fourth-order valence-electron chi connectivity index (χ4n) is 4.52. The van der Waals surface area contributed by atoms with Crippen molar-refractivity contribution in [2.45, 2.75) is 86.0 Å². The number of carboxylic acid groups (broad SMARTS) is 1. The van der Waals surface area contributed by atoms with Crippen LogP contribution in [0.3, 0.4) is 0 Å². The number of aryl methyl sites for hydroxylation is 3. The minimum absolute atomic E-state index is 0.0868. The standard InChI is InChI=1S/C27H38O2/c1-8-27(9-2,23-14-15-24(25(28)29)20(4)18-23)22-13-12-21(19(3)17-22)11-10-16-26(5,6)7/h12-15,17-18H,8-11,16H2,1-7H3,(H,28,29). The molecule has 2 aromatic rings. The molecular formula is C27H38O2. The molecule has 0 saturated carbocycles. The van der Waals surface area contributed by atoms with Gasteiger partial charge in [-0.1, -0.05) is 65.0 Å². The van der Waals surface area contributed by atoms with Crippen LogP contribution >= 0.6 is 0 Å². The Morgan fingerprint density at radius 1 is 0.897 bits per heavy atom. The van der Waals surface area contributed by atoms with Crippen LogP contribution in [0.15, 0.2) is 36.4 Å². The van der Waals surface area contributed by atoms with Crippen molar-refractivity contribution < 1.29 is 9.90 Å². The predicted octanol–water partition coefficient (Wildman–Crippen LogP) is 7.48. The van der Waals surface area contributed by atoms with Crippen molar-refractivity contribution in [3.8, 4) is 0 Å². The quantitative estimate of drug-likeness (QED) is 0.504. The number of carbonyl (C=O) groups is 1. The van der Waals surface area contributed by atoms with Crippen molar-refractivity contribution in [1.82, 2.24) is 0 Å². The van der Waals surface area contributed by atoms with Gasteiger partial charge in [0.15, 0.2) is 0 Å². The van der Waals surface area contributed by atoms with E-state index >= 15 is 0 Å². The Bertz CT molecular complexity index is 851. The van der Waals surface area contributed by atoms with Gasteiger partial charge in [-0.15, -0.1) is 0 Å². The van der Waals surface area contributed by atoms with Gasteiger partial charge < -0.3 is 5.11 Å². The molecule has 0 spiro atoms. The summed E-state index contributed by atoms with van der Waals surface area (Å²) >= 11 is 0. The maximum absolute atomic E-state index is 11.4. The van der Waals surface area contributed by atoms with Gasteiger partial charge in [0.25, 0.3) is 0 Å². The number of carboxylic acids is 1. The Balaban J connectivity index is 2.38. The molecule has 0 aliphatic heterocycles. The van der Waals surface area contributed by atoms with Gasteiger partial charge in [-0.3, -0.25) is 0 Å². The zero-order valence-electron chi connectivity index (χ0n) is 19.4. The van der Waals surface area contributed by atoms with Gasteiger partial charge in [0.05, 0.1) is 5.56 Å². The van der Waals surface area contributed by atoms with Crippen LogP contribution in [-0.4, -0.2) is 11.1 Å². The van der Waals surface area contributed by atoms with Gasteiger partial charge >= 0.3 is 5.97 Å². The summed E-state index contributed by atoms with van der Waals surface area (Å²) in [5.41, 5.74) is 6.87. The lowest BCUT2D eigenvalue weighted by Gasteiger charge is -2.34. The van der Waals surface area contributed by atoms with E-state index in [0.717, 1.165) is 24.8 Å². The third-order valence-electron chi connectivity index (χ3n) is 6.48. The van der Waals surface area contributed by atoms with Crippen LogP contribution in [0.4, 0.5) is 0 Å². The molecule has 0 fully saturated rings. The first-order valence-corrected chi connectivity index (χ1v) is 11.0. The highest BCUT2D eigenvalue weighted by Crippen LogP contribution is 2.40. The summed E-state index contributed by atoms with van der Waals surface area (Å²) in [6, 6.07) is 12.8. The first-order valence-electron chi connectivity index (χ1n) is 11.0. The summed E-state index contributed by atoms with van der Waals surface area (Å²) in [6.45, 7) is 15.5. The van der Waals surface area contributed by atoms with Crippen LogP contribution in [0.2, 0.25) is 0 Å². The number of rotatable bonds is 8. The van der Waals surface area contributed by atoms with Gasteiger partial charge in [-0.2, -0.15) is 0 Å². The normalized spacial score (nSPS) is 12.2. The molecule has 0 saturated heterocycles. The zero-order chi connectivity index (χ0) is 21.8. The van der Waals surface area contributed by atoms with Crippen molar-refractivity contribution in [3.63, 3.8) is 0 Å². The van der Waals surface area contributed by atoms with Gasteiger partial charge in [-0.05, 0) is 85.3 Å². The lowest BCUT2D eigenvalue weighted by Crippen LogP contribution is -2.26. The first-order chi connectivity index (χ1) is 13.5. The largest absolute Gasteiger partial charge is 0.478 e. The SMILES string of the molecule is CCC(CC)(c1ccc(CCCC(C)(C)C)c(C)c1)c1ccc(C(=O)O)c(C)c1. The smallest absolute Gasteiger partial charge is 0.335 e. The van der Waals surface area contributed by atoms with E-state index < -0.39 is 5.97 Å². The fourth-order valence-corrected chi connectivity index (χ4v) is 4.52. The fraction of sp³-hybridized carbons (Fsp3) is 0.519. The molecule has 2 nitrogen and oxygen atoms in total. The van der Waals surface area contributed by atoms with E-state index in [1.165, 1.54) is 35.1 Å². The monoisotopic (exact) mass is 394 g/mol. The topological polar surface area (TPSA) is 37.3 Å². The zero-order valence-corrected chi connectivity index (χ0v) is 19.4. The second-order valence-corrected chi connectivity index (χ2v) is 9.68. The van der Waals surface area contributed by atoms with Crippen molar-refractivity contribution in [2.24, 2.45) is 5.41 Å². The second kappa shape index (κ2) is 9.15. The van der Waals surface area contributed by atoms with Crippen LogP contribution in [0.5, 0.6) is 0 Å². The van der Waals surface area contributed by atoms with Gasteiger partial charge in [0.2, 0.25) is 0 Å². The van der Waals surface area contributed by atoms with E-state index in [4.69, 9.17) is 0 Å². The van der Waals surface area contributed by atoms with Crippen molar-refractivity contribution in [2.75, 3.05) is 0 Å². The van der Waals surface area contributed by atoms with Crippen LogP contribution in [0.25, 0.3) is 0 Å². The molecule has 0 atom stereocenters. The lowest BCUT2D eigenvalue weighted by molar-refractivity contribution is 0.0696. The molecule has 2 aromatic carbocycles. The molecule has 2 rings (SSSR count). The van der Waals surface area contributed by atoms with E-state index in [1.807, 2.05) is 13.0 Å². The lowest BCUT2D eigenvalue weighted by atomic mass is 9.69. The summed E-state index contributed by atoms with van der Waals surface area (Å²) in [7, 11) is 0. The predicted molar refractivity (Wildman–Crippen MR) is 123 cm³/mol. The highest BCUT2D eigenvalue weighted by atomic mass is 16.4. The molecule has 29 heavy (non-hydrogen) atoms. The molecule has 1 N–H and O–H groups in total.